The molecule has 26 heavy (non-hydrogen) atoms. The van der Waals surface area contributed by atoms with Crippen molar-refractivity contribution < 1.29 is 4.74 Å². The van der Waals surface area contributed by atoms with Crippen LogP contribution in [0.5, 0.6) is 0 Å². The maximum atomic E-state index is 5.66. The average molecular weight is 494 g/mol. The first-order valence-electron chi connectivity index (χ1n) is 9.08. The Bertz CT molecular complexity index is 602. The van der Waals surface area contributed by atoms with Crippen LogP contribution in [0.3, 0.4) is 0 Å². The number of aryl methyl sites for hydroxylation is 1. The number of halogens is 1. The van der Waals surface area contributed by atoms with Gasteiger partial charge in [-0.15, -0.1) is 34.2 Å². The van der Waals surface area contributed by atoms with Crippen molar-refractivity contribution in [2.45, 2.75) is 32.7 Å². The zero-order chi connectivity index (χ0) is 17.7. The molecule has 1 unspecified atom stereocenters. The van der Waals surface area contributed by atoms with Crippen LogP contribution < -0.4 is 5.32 Å². The Morgan fingerprint density at radius 2 is 2.23 bits per heavy atom. The largest absolute Gasteiger partial charge is 0.381 e. The Morgan fingerprint density at radius 1 is 1.38 bits per heavy atom. The van der Waals surface area contributed by atoms with Crippen LogP contribution in [0, 0.1) is 12.3 Å². The van der Waals surface area contributed by atoms with E-state index in [0.29, 0.717) is 12.0 Å². The Morgan fingerprint density at radius 3 is 2.88 bits per heavy atom. The van der Waals surface area contributed by atoms with Gasteiger partial charge in [0.2, 0.25) is 0 Å². The van der Waals surface area contributed by atoms with E-state index in [1.807, 2.05) is 30.3 Å². The molecule has 2 fully saturated rings. The fourth-order valence-corrected chi connectivity index (χ4v) is 3.94. The summed E-state index contributed by atoms with van der Waals surface area (Å²) in [6.07, 6.45) is 5.66. The van der Waals surface area contributed by atoms with E-state index in [1.165, 1.54) is 18.6 Å². The fraction of sp³-hybridized carbons (Fsp3) is 0.824. The number of hydrogen-bond donors (Lipinski definition) is 1. The number of nitrogens with one attached hydrogen (secondary N) is 1. The standard InChI is InChI=1S/C17H30N6OS.HI/c1-14-20-21-15(22(14)2)11-19-16(18-7-4-10-25-3)23-8-5-17(12-23)6-9-24-13-17;/h4-13H2,1-3H3,(H,18,19);1H. The van der Waals surface area contributed by atoms with Crippen molar-refractivity contribution in [2.24, 2.45) is 17.5 Å². The van der Waals surface area contributed by atoms with Gasteiger partial charge in [0, 0.05) is 38.7 Å². The van der Waals surface area contributed by atoms with Gasteiger partial charge in [-0.3, -0.25) is 0 Å². The van der Waals surface area contributed by atoms with Gasteiger partial charge in [0.1, 0.15) is 12.4 Å². The van der Waals surface area contributed by atoms with Crippen molar-refractivity contribution in [2.75, 3.05) is 44.9 Å². The number of aromatic nitrogens is 3. The second-order valence-corrected chi connectivity index (χ2v) is 8.10. The molecular formula is C17H31IN6OS. The number of hydrogen-bond acceptors (Lipinski definition) is 5. The summed E-state index contributed by atoms with van der Waals surface area (Å²) in [6.45, 7) is 7.37. The summed E-state index contributed by atoms with van der Waals surface area (Å²) < 4.78 is 7.66. The molecule has 0 saturated carbocycles. The molecule has 1 atom stereocenters. The van der Waals surface area contributed by atoms with Crippen molar-refractivity contribution in [1.29, 1.82) is 0 Å². The number of rotatable bonds is 6. The Balaban J connectivity index is 0.00000243. The smallest absolute Gasteiger partial charge is 0.194 e. The molecule has 1 aromatic rings. The molecule has 2 aliphatic heterocycles. The molecule has 9 heteroatoms. The summed E-state index contributed by atoms with van der Waals surface area (Å²) in [4.78, 5) is 7.26. The van der Waals surface area contributed by atoms with Crippen LogP contribution in [0.2, 0.25) is 0 Å². The summed E-state index contributed by atoms with van der Waals surface area (Å²) in [7, 11) is 1.99. The summed E-state index contributed by atoms with van der Waals surface area (Å²) in [6, 6.07) is 0. The third-order valence-electron chi connectivity index (χ3n) is 5.28. The van der Waals surface area contributed by atoms with E-state index in [1.54, 1.807) is 0 Å². The highest BCUT2D eigenvalue weighted by Crippen LogP contribution is 2.38. The number of aliphatic imine (C=N–C) groups is 1. The van der Waals surface area contributed by atoms with Crippen molar-refractivity contribution in [3.63, 3.8) is 0 Å². The van der Waals surface area contributed by atoms with Gasteiger partial charge in [0.25, 0.3) is 0 Å². The molecule has 0 amide bonds. The number of ether oxygens (including phenoxy) is 1. The summed E-state index contributed by atoms with van der Waals surface area (Å²) in [5.41, 5.74) is 0.336. The molecule has 148 valence electrons. The Labute approximate surface area is 177 Å². The van der Waals surface area contributed by atoms with E-state index in [2.05, 4.69) is 26.7 Å². The normalized spacial score (nSPS) is 22.9. The number of nitrogens with zero attached hydrogens (tertiary/aromatic N) is 5. The molecule has 3 rings (SSSR count). The van der Waals surface area contributed by atoms with E-state index in [-0.39, 0.29) is 24.0 Å². The van der Waals surface area contributed by atoms with Crippen LogP contribution >= 0.6 is 35.7 Å². The van der Waals surface area contributed by atoms with Gasteiger partial charge in [-0.1, -0.05) is 0 Å². The van der Waals surface area contributed by atoms with Crippen LogP contribution in [-0.2, 0) is 18.3 Å². The summed E-state index contributed by atoms with van der Waals surface area (Å²) in [5.74, 6) is 3.99. The fourth-order valence-electron chi connectivity index (χ4n) is 3.51. The topological polar surface area (TPSA) is 67.6 Å². The first-order valence-corrected chi connectivity index (χ1v) is 10.5. The molecule has 1 spiro atoms. The van der Waals surface area contributed by atoms with Crippen LogP contribution in [0.4, 0.5) is 0 Å². The minimum atomic E-state index is 0. The zero-order valence-electron chi connectivity index (χ0n) is 16.0. The lowest BCUT2D eigenvalue weighted by atomic mass is 9.87. The van der Waals surface area contributed by atoms with Gasteiger partial charge < -0.3 is 19.5 Å². The van der Waals surface area contributed by atoms with Gasteiger partial charge in [-0.05, 0) is 38.2 Å². The predicted molar refractivity (Wildman–Crippen MR) is 117 cm³/mol. The third kappa shape index (κ3) is 5.25. The molecule has 0 radical (unpaired) electrons. The van der Waals surface area contributed by atoms with Crippen molar-refractivity contribution in [3.8, 4) is 0 Å². The van der Waals surface area contributed by atoms with Crippen LogP contribution in [-0.4, -0.2) is 70.5 Å². The van der Waals surface area contributed by atoms with Crippen LogP contribution in [0.1, 0.15) is 30.9 Å². The maximum absolute atomic E-state index is 5.66. The second kappa shape index (κ2) is 10.1. The molecule has 2 aliphatic rings. The third-order valence-corrected chi connectivity index (χ3v) is 5.98. The maximum Gasteiger partial charge on any atom is 0.194 e. The zero-order valence-corrected chi connectivity index (χ0v) is 19.2. The lowest BCUT2D eigenvalue weighted by molar-refractivity contribution is 0.156. The van der Waals surface area contributed by atoms with E-state index in [4.69, 9.17) is 9.73 Å². The van der Waals surface area contributed by atoms with Crippen molar-refractivity contribution >= 4 is 41.7 Å². The highest BCUT2D eigenvalue weighted by atomic mass is 127. The predicted octanol–water partition coefficient (Wildman–Crippen LogP) is 2.05. The molecule has 0 aromatic carbocycles. The molecule has 0 aliphatic carbocycles. The van der Waals surface area contributed by atoms with E-state index >= 15 is 0 Å². The Kier molecular flexibility index (Phi) is 8.46. The number of thioether (sulfide) groups is 1. The Hall–Kier alpha value is -0.550. The molecule has 3 heterocycles. The quantitative estimate of drug-likeness (QED) is 0.283. The number of guanidine groups is 1. The van der Waals surface area contributed by atoms with Gasteiger partial charge in [0.05, 0.1) is 6.61 Å². The first-order chi connectivity index (χ1) is 12.1. The second-order valence-electron chi connectivity index (χ2n) is 7.11. The molecule has 2 saturated heterocycles. The van der Waals surface area contributed by atoms with Gasteiger partial charge in [-0.2, -0.15) is 11.8 Å². The van der Waals surface area contributed by atoms with Crippen molar-refractivity contribution in [3.05, 3.63) is 11.6 Å². The lowest BCUT2D eigenvalue weighted by Gasteiger charge is -2.25. The van der Waals surface area contributed by atoms with E-state index in [9.17, 15) is 0 Å². The van der Waals surface area contributed by atoms with E-state index < -0.39 is 0 Å². The van der Waals surface area contributed by atoms with Gasteiger partial charge in [0.15, 0.2) is 11.8 Å². The van der Waals surface area contributed by atoms with Crippen LogP contribution in [0.25, 0.3) is 0 Å². The molecule has 0 bridgehead atoms. The highest BCUT2D eigenvalue weighted by Gasteiger charge is 2.42. The molecule has 1 aromatic heterocycles. The van der Waals surface area contributed by atoms with Gasteiger partial charge in [-0.25, -0.2) is 4.99 Å². The summed E-state index contributed by atoms with van der Waals surface area (Å²) in [5, 5.41) is 11.9. The van der Waals surface area contributed by atoms with Crippen molar-refractivity contribution in [1.82, 2.24) is 25.0 Å². The molecule has 7 nitrogen and oxygen atoms in total. The highest BCUT2D eigenvalue weighted by molar-refractivity contribution is 14.0. The SMILES string of the molecule is CSCCCNC(=NCc1nnc(C)n1C)N1CCC2(CCOC2)C1.I. The average Bonchev–Trinajstić information content (AvgIpc) is 3.32. The monoisotopic (exact) mass is 494 g/mol. The summed E-state index contributed by atoms with van der Waals surface area (Å²) >= 11 is 1.88. The molecule has 1 N–H and O–H groups in total. The van der Waals surface area contributed by atoms with Crippen LogP contribution in [0.15, 0.2) is 4.99 Å². The minimum Gasteiger partial charge on any atom is -0.381 e. The van der Waals surface area contributed by atoms with E-state index in [0.717, 1.165) is 56.9 Å². The molecular weight excluding hydrogens is 463 g/mol. The first kappa shape index (κ1) is 21.7. The number of likely N-dealkylation sites (tertiary alicyclic amines) is 1. The van der Waals surface area contributed by atoms with Gasteiger partial charge >= 0.3 is 0 Å². The lowest BCUT2D eigenvalue weighted by Crippen LogP contribution is -2.42. The minimum absolute atomic E-state index is 0.